The molecule has 0 aromatic heterocycles. The Labute approximate surface area is 178 Å². The van der Waals surface area contributed by atoms with Gasteiger partial charge in [0.1, 0.15) is 5.75 Å². The molecule has 0 radical (unpaired) electrons. The highest BCUT2D eigenvalue weighted by Gasteiger charge is 2.48. The molecule has 152 valence electrons. The van der Waals surface area contributed by atoms with Gasteiger partial charge >= 0.3 is 12.0 Å². The minimum absolute atomic E-state index is 0.175. The predicted octanol–water partition coefficient (Wildman–Crippen LogP) is 5.29. The third-order valence-corrected chi connectivity index (χ3v) is 6.47. The van der Waals surface area contributed by atoms with Crippen molar-refractivity contribution in [1.29, 1.82) is 0 Å². The number of amides is 2. The van der Waals surface area contributed by atoms with E-state index in [9.17, 15) is 9.59 Å². The quantitative estimate of drug-likeness (QED) is 0.474. The van der Waals surface area contributed by atoms with Crippen molar-refractivity contribution in [1.82, 2.24) is 0 Å². The minimum atomic E-state index is -0.913. The van der Waals surface area contributed by atoms with Gasteiger partial charge in [0.25, 0.3) is 0 Å². The molecule has 0 saturated heterocycles. The standard InChI is InChI=1S/C21H21ClN2O4S/c1-3-27-19(25)21(11-4-12-21)28-16-9-10-18-17(13-16)23(2)20(26)24(29-18)15-7-5-14(22)6-8-15/h5-10,13H,3-4,11-12H2,1-2H3. The van der Waals surface area contributed by atoms with Crippen LogP contribution in [-0.4, -0.2) is 31.3 Å². The van der Waals surface area contributed by atoms with Gasteiger partial charge in [0.05, 0.1) is 22.9 Å². The van der Waals surface area contributed by atoms with Crippen molar-refractivity contribution < 1.29 is 19.1 Å². The molecule has 1 heterocycles. The first-order valence-corrected chi connectivity index (χ1v) is 10.6. The number of ether oxygens (including phenoxy) is 2. The second kappa shape index (κ2) is 7.80. The van der Waals surface area contributed by atoms with E-state index in [1.165, 1.54) is 11.9 Å². The van der Waals surface area contributed by atoms with Gasteiger partial charge in [-0.05, 0) is 74.5 Å². The highest BCUT2D eigenvalue weighted by Crippen LogP contribution is 2.44. The van der Waals surface area contributed by atoms with E-state index < -0.39 is 5.60 Å². The molecule has 1 saturated carbocycles. The molecule has 0 bridgehead atoms. The summed E-state index contributed by atoms with van der Waals surface area (Å²) in [6.07, 6.45) is 2.20. The van der Waals surface area contributed by atoms with Gasteiger partial charge in [-0.15, -0.1) is 0 Å². The smallest absolute Gasteiger partial charge is 0.350 e. The van der Waals surface area contributed by atoms with Crippen molar-refractivity contribution >= 4 is 46.9 Å². The maximum atomic E-state index is 12.9. The van der Waals surface area contributed by atoms with Crippen LogP contribution in [-0.2, 0) is 9.53 Å². The van der Waals surface area contributed by atoms with E-state index >= 15 is 0 Å². The van der Waals surface area contributed by atoms with Crippen LogP contribution in [0.5, 0.6) is 5.75 Å². The molecule has 0 spiro atoms. The number of halogens is 1. The summed E-state index contributed by atoms with van der Waals surface area (Å²) in [6.45, 7) is 2.11. The van der Waals surface area contributed by atoms with E-state index in [1.807, 2.05) is 24.3 Å². The summed E-state index contributed by atoms with van der Waals surface area (Å²) in [4.78, 5) is 27.7. The number of hydrogen-bond acceptors (Lipinski definition) is 5. The maximum Gasteiger partial charge on any atom is 0.350 e. The molecule has 0 atom stereocenters. The van der Waals surface area contributed by atoms with E-state index in [-0.39, 0.29) is 12.0 Å². The third kappa shape index (κ3) is 3.65. The fourth-order valence-corrected chi connectivity index (χ4v) is 4.52. The molecule has 29 heavy (non-hydrogen) atoms. The van der Waals surface area contributed by atoms with E-state index in [1.54, 1.807) is 41.4 Å². The number of carbonyl (C=O) groups excluding carboxylic acids is 2. The summed E-state index contributed by atoms with van der Waals surface area (Å²) in [5, 5.41) is 0.616. The molecule has 1 aliphatic heterocycles. The van der Waals surface area contributed by atoms with Crippen LogP contribution in [0.15, 0.2) is 47.4 Å². The number of benzene rings is 2. The molecule has 2 aromatic rings. The van der Waals surface area contributed by atoms with Crippen molar-refractivity contribution in [2.75, 3.05) is 22.9 Å². The second-order valence-electron chi connectivity index (χ2n) is 7.00. The average molecular weight is 433 g/mol. The first kappa shape index (κ1) is 19.9. The van der Waals surface area contributed by atoms with E-state index in [2.05, 4.69) is 0 Å². The lowest BCUT2D eigenvalue weighted by atomic mass is 9.80. The number of carbonyl (C=O) groups is 2. The van der Waals surface area contributed by atoms with Crippen LogP contribution in [0.4, 0.5) is 16.2 Å². The Bertz CT molecular complexity index is 946. The van der Waals surface area contributed by atoms with Crippen molar-refractivity contribution in [2.24, 2.45) is 0 Å². The summed E-state index contributed by atoms with van der Waals surface area (Å²) in [5.74, 6) is 0.230. The molecule has 8 heteroatoms. The SMILES string of the molecule is CCOC(=O)C1(Oc2ccc3c(c2)N(C)C(=O)N(c2ccc(Cl)cc2)S3)CCC1. The van der Waals surface area contributed by atoms with Crippen molar-refractivity contribution in [3.63, 3.8) is 0 Å². The van der Waals surface area contributed by atoms with Gasteiger partial charge in [-0.1, -0.05) is 11.6 Å². The van der Waals surface area contributed by atoms with Gasteiger partial charge in [-0.25, -0.2) is 13.9 Å². The molecule has 2 aromatic carbocycles. The average Bonchev–Trinajstić information content (AvgIpc) is 2.68. The number of fused-ring (bicyclic) bond motifs is 1. The number of rotatable bonds is 5. The Hall–Kier alpha value is -2.38. The predicted molar refractivity (Wildman–Crippen MR) is 114 cm³/mol. The van der Waals surface area contributed by atoms with Crippen LogP contribution in [0.25, 0.3) is 0 Å². The van der Waals surface area contributed by atoms with Crippen LogP contribution in [0.3, 0.4) is 0 Å². The summed E-state index contributed by atoms with van der Waals surface area (Å²) in [5.41, 5.74) is 0.572. The summed E-state index contributed by atoms with van der Waals surface area (Å²) >= 11 is 7.30. The molecular weight excluding hydrogens is 412 g/mol. The molecular formula is C21H21ClN2O4S. The lowest BCUT2D eigenvalue weighted by Crippen LogP contribution is -2.51. The van der Waals surface area contributed by atoms with Crippen LogP contribution >= 0.6 is 23.5 Å². The third-order valence-electron chi connectivity index (χ3n) is 5.13. The first-order chi connectivity index (χ1) is 13.9. The molecule has 2 aliphatic rings. The van der Waals surface area contributed by atoms with Crippen LogP contribution in [0, 0.1) is 0 Å². The Kier molecular flexibility index (Phi) is 5.36. The van der Waals surface area contributed by atoms with E-state index in [0.717, 1.165) is 22.7 Å². The second-order valence-corrected chi connectivity index (χ2v) is 8.43. The number of esters is 1. The lowest BCUT2D eigenvalue weighted by Gasteiger charge is -2.39. The van der Waals surface area contributed by atoms with Gasteiger partial charge in [-0.2, -0.15) is 0 Å². The Morgan fingerprint density at radius 2 is 1.93 bits per heavy atom. The van der Waals surface area contributed by atoms with E-state index in [4.69, 9.17) is 21.1 Å². The largest absolute Gasteiger partial charge is 0.475 e. The topological polar surface area (TPSA) is 59.1 Å². The summed E-state index contributed by atoms with van der Waals surface area (Å²) in [7, 11) is 1.72. The molecule has 0 unspecified atom stereocenters. The van der Waals surface area contributed by atoms with Gasteiger partial charge < -0.3 is 9.47 Å². The van der Waals surface area contributed by atoms with Crippen molar-refractivity contribution in [3.05, 3.63) is 47.5 Å². The van der Waals surface area contributed by atoms with Crippen molar-refractivity contribution in [2.45, 2.75) is 36.7 Å². The molecule has 1 fully saturated rings. The summed E-state index contributed by atoms with van der Waals surface area (Å²) in [6, 6.07) is 12.5. The van der Waals surface area contributed by atoms with Gasteiger partial charge in [0.2, 0.25) is 5.60 Å². The summed E-state index contributed by atoms with van der Waals surface area (Å²) < 4.78 is 12.9. The Morgan fingerprint density at radius 3 is 2.55 bits per heavy atom. The van der Waals surface area contributed by atoms with Crippen LogP contribution < -0.4 is 13.9 Å². The monoisotopic (exact) mass is 432 g/mol. The van der Waals surface area contributed by atoms with Crippen molar-refractivity contribution in [3.8, 4) is 5.75 Å². The molecule has 0 N–H and O–H groups in total. The van der Waals surface area contributed by atoms with Crippen LogP contribution in [0.1, 0.15) is 26.2 Å². The van der Waals surface area contributed by atoms with Gasteiger partial charge in [-0.3, -0.25) is 4.90 Å². The fraction of sp³-hybridized carbons (Fsp3) is 0.333. The molecule has 2 amide bonds. The fourth-order valence-electron chi connectivity index (χ4n) is 3.35. The number of anilines is 2. The lowest BCUT2D eigenvalue weighted by molar-refractivity contribution is -0.169. The minimum Gasteiger partial charge on any atom is -0.475 e. The van der Waals surface area contributed by atoms with Crippen LogP contribution in [0.2, 0.25) is 5.02 Å². The molecule has 4 rings (SSSR count). The van der Waals surface area contributed by atoms with Gasteiger partial charge in [0, 0.05) is 18.1 Å². The number of nitrogens with zero attached hydrogens (tertiary/aromatic N) is 2. The zero-order chi connectivity index (χ0) is 20.6. The Balaban J connectivity index is 1.59. The maximum absolute atomic E-state index is 12.9. The number of hydrogen-bond donors (Lipinski definition) is 0. The highest BCUT2D eigenvalue weighted by atomic mass is 35.5. The molecule has 6 nitrogen and oxygen atoms in total. The highest BCUT2D eigenvalue weighted by molar-refractivity contribution is 8.01. The normalized spacial score (nSPS) is 17.4. The zero-order valence-corrected chi connectivity index (χ0v) is 17.8. The van der Waals surface area contributed by atoms with Gasteiger partial charge in [0.15, 0.2) is 0 Å². The number of urea groups is 1. The first-order valence-electron chi connectivity index (χ1n) is 9.45. The zero-order valence-electron chi connectivity index (χ0n) is 16.2. The van der Waals surface area contributed by atoms with E-state index in [0.29, 0.717) is 30.2 Å². The Morgan fingerprint density at radius 1 is 1.21 bits per heavy atom. The molecule has 1 aliphatic carbocycles.